The molecule has 2 aromatic carbocycles. The van der Waals surface area contributed by atoms with Crippen LogP contribution < -0.4 is 14.6 Å². The zero-order valence-corrected chi connectivity index (χ0v) is 15.8. The van der Waals surface area contributed by atoms with Crippen molar-refractivity contribution in [3.8, 4) is 17.2 Å². The number of hydrogen-bond donors (Lipinski definition) is 0. The average molecular weight is 353 g/mol. The Morgan fingerprint density at radius 3 is 2.65 bits per heavy atom. The summed E-state index contributed by atoms with van der Waals surface area (Å²) in [5, 5.41) is 12.2. The lowest BCUT2D eigenvalue weighted by atomic mass is 9.86. The van der Waals surface area contributed by atoms with E-state index in [9.17, 15) is 5.11 Å². The second-order valence-electron chi connectivity index (χ2n) is 7.19. The normalized spacial score (nSPS) is 21.7. The van der Waals surface area contributed by atoms with E-state index in [4.69, 9.17) is 9.47 Å². The molecule has 0 amide bonds. The van der Waals surface area contributed by atoms with Crippen molar-refractivity contribution in [2.24, 2.45) is 0 Å². The maximum absolute atomic E-state index is 12.2. The van der Waals surface area contributed by atoms with Crippen LogP contribution in [-0.2, 0) is 12.8 Å². The van der Waals surface area contributed by atoms with E-state index >= 15 is 0 Å². The average Bonchev–Trinajstić information content (AvgIpc) is 2.64. The van der Waals surface area contributed by atoms with E-state index in [1.807, 2.05) is 18.2 Å². The van der Waals surface area contributed by atoms with Gasteiger partial charge in [0.1, 0.15) is 17.5 Å². The predicted molar refractivity (Wildman–Crippen MR) is 102 cm³/mol. The molecule has 1 aliphatic heterocycles. The van der Waals surface area contributed by atoms with Crippen molar-refractivity contribution in [3.05, 3.63) is 65.7 Å². The number of quaternary nitrogens is 1. The molecule has 0 aromatic heterocycles. The van der Waals surface area contributed by atoms with Crippen LogP contribution in [0.3, 0.4) is 0 Å². The molecule has 0 fully saturated rings. The number of rotatable bonds is 6. The third-order valence-corrected chi connectivity index (χ3v) is 5.56. The summed E-state index contributed by atoms with van der Waals surface area (Å²) >= 11 is 0. The van der Waals surface area contributed by atoms with E-state index in [-0.39, 0.29) is 11.8 Å². The molecule has 4 nitrogen and oxygen atoms in total. The number of nitrogens with zero attached hydrogens (tertiary/aromatic N) is 1. The Morgan fingerprint density at radius 1 is 1.19 bits per heavy atom. The quantitative estimate of drug-likeness (QED) is 0.591. The molecule has 0 unspecified atom stereocenters. The summed E-state index contributed by atoms with van der Waals surface area (Å²) in [6, 6.07) is 12.1. The molecule has 0 N–H and O–H groups in total. The minimum atomic E-state index is -0.0614. The van der Waals surface area contributed by atoms with Gasteiger partial charge in [0.25, 0.3) is 0 Å². The van der Waals surface area contributed by atoms with Gasteiger partial charge in [-0.2, -0.15) is 0 Å². The largest absolute Gasteiger partial charge is 0.870 e. The molecule has 0 bridgehead atoms. The molecular formula is C22H27NO3. The van der Waals surface area contributed by atoms with Crippen LogP contribution >= 0.6 is 0 Å². The van der Waals surface area contributed by atoms with Crippen LogP contribution in [0.1, 0.15) is 22.7 Å². The molecule has 0 spiro atoms. The number of methoxy groups -OCH3 is 2. The number of fused-ring (bicyclic) bond motifs is 1. The van der Waals surface area contributed by atoms with Crippen LogP contribution in [0.2, 0.25) is 0 Å². The van der Waals surface area contributed by atoms with Crippen molar-refractivity contribution >= 4 is 0 Å². The standard InChI is InChI=1S/C22H27NO3/c1-5-11-23(2)12-10-17-15-18(25-3)7-8-19(17)20(23)13-16-6-9-22(26-4)21(24)14-16/h5-9,14-15,20H,1,10-13H2,2-4H3/t20-,23+/m1/s1. The monoisotopic (exact) mass is 353 g/mol. The Labute approximate surface area is 155 Å². The lowest BCUT2D eigenvalue weighted by molar-refractivity contribution is -0.936. The first-order valence-corrected chi connectivity index (χ1v) is 8.96. The van der Waals surface area contributed by atoms with Gasteiger partial charge in [-0.1, -0.05) is 24.5 Å². The number of benzene rings is 2. The Kier molecular flexibility index (Phi) is 5.23. The van der Waals surface area contributed by atoms with Crippen molar-refractivity contribution in [3.63, 3.8) is 0 Å². The molecule has 3 rings (SSSR count). The lowest BCUT2D eigenvalue weighted by Crippen LogP contribution is -2.52. The molecule has 0 radical (unpaired) electrons. The van der Waals surface area contributed by atoms with E-state index in [1.165, 1.54) is 18.2 Å². The highest BCUT2D eigenvalue weighted by Gasteiger charge is 2.38. The number of likely N-dealkylation sites (N-methyl/N-ethyl adjacent to an activating group) is 1. The summed E-state index contributed by atoms with van der Waals surface area (Å²) in [4.78, 5) is 0. The van der Waals surface area contributed by atoms with Gasteiger partial charge >= 0.3 is 0 Å². The summed E-state index contributed by atoms with van der Waals surface area (Å²) in [5.41, 5.74) is 3.72. The first kappa shape index (κ1) is 18.3. The van der Waals surface area contributed by atoms with Gasteiger partial charge in [0.05, 0.1) is 34.4 Å². The van der Waals surface area contributed by atoms with Crippen LogP contribution in [0.15, 0.2) is 49.1 Å². The van der Waals surface area contributed by atoms with Gasteiger partial charge in [0.15, 0.2) is 0 Å². The first-order chi connectivity index (χ1) is 12.5. The van der Waals surface area contributed by atoms with Crippen molar-refractivity contribution < 1.29 is 19.1 Å². The summed E-state index contributed by atoms with van der Waals surface area (Å²) in [5.74, 6) is 1.23. The third kappa shape index (κ3) is 3.42. The predicted octanol–water partition coefficient (Wildman–Crippen LogP) is 3.25. The fourth-order valence-corrected chi connectivity index (χ4v) is 4.03. The summed E-state index contributed by atoms with van der Waals surface area (Å²) in [6.45, 7) is 5.90. The second kappa shape index (κ2) is 7.42. The molecule has 2 aromatic rings. The minimum absolute atomic E-state index is 0.0614. The third-order valence-electron chi connectivity index (χ3n) is 5.56. The van der Waals surface area contributed by atoms with Gasteiger partial charge in [-0.3, -0.25) is 0 Å². The van der Waals surface area contributed by atoms with Crippen molar-refractivity contribution in [2.75, 3.05) is 34.4 Å². The van der Waals surface area contributed by atoms with E-state index in [0.29, 0.717) is 5.75 Å². The van der Waals surface area contributed by atoms with Crippen molar-refractivity contribution in [1.82, 2.24) is 0 Å². The van der Waals surface area contributed by atoms with Crippen LogP contribution in [0.25, 0.3) is 0 Å². The highest BCUT2D eigenvalue weighted by molar-refractivity contribution is 5.43. The highest BCUT2D eigenvalue weighted by Crippen LogP contribution is 2.39. The van der Waals surface area contributed by atoms with Gasteiger partial charge in [0, 0.05) is 18.4 Å². The Hall–Kier alpha value is -2.46. The SMILES string of the molecule is C=CC[N@@+]1(C)CCc2cc(OC)ccc2[C@H]1Cc1ccc(OC)c([O-])c1. The zero-order chi connectivity index (χ0) is 18.7. The van der Waals surface area contributed by atoms with Gasteiger partial charge in [-0.05, 0) is 41.5 Å². The highest BCUT2D eigenvalue weighted by atomic mass is 16.5. The molecule has 138 valence electrons. The van der Waals surface area contributed by atoms with E-state index in [0.717, 1.165) is 41.7 Å². The van der Waals surface area contributed by atoms with Gasteiger partial charge in [-0.15, -0.1) is 0 Å². The smallest absolute Gasteiger partial charge is 0.119 e. The molecule has 4 heteroatoms. The molecule has 0 saturated carbocycles. The lowest BCUT2D eigenvalue weighted by Gasteiger charge is -2.45. The molecule has 1 aliphatic rings. The molecule has 0 aliphatic carbocycles. The van der Waals surface area contributed by atoms with Gasteiger partial charge in [0.2, 0.25) is 0 Å². The molecule has 2 atom stereocenters. The van der Waals surface area contributed by atoms with E-state index < -0.39 is 0 Å². The topological polar surface area (TPSA) is 41.5 Å². The maximum atomic E-state index is 12.2. The van der Waals surface area contributed by atoms with Crippen LogP contribution in [-0.4, -0.2) is 38.8 Å². The maximum Gasteiger partial charge on any atom is 0.119 e. The molecule has 0 saturated heterocycles. The number of hydrogen-bond acceptors (Lipinski definition) is 3. The zero-order valence-electron chi connectivity index (χ0n) is 15.8. The second-order valence-corrected chi connectivity index (χ2v) is 7.19. The van der Waals surface area contributed by atoms with E-state index in [1.54, 1.807) is 19.2 Å². The van der Waals surface area contributed by atoms with Crippen LogP contribution in [0.4, 0.5) is 0 Å². The molecular weight excluding hydrogens is 326 g/mol. The first-order valence-electron chi connectivity index (χ1n) is 8.96. The fraction of sp³-hybridized carbons (Fsp3) is 0.364. The fourth-order valence-electron chi connectivity index (χ4n) is 4.03. The van der Waals surface area contributed by atoms with Crippen molar-refractivity contribution in [1.29, 1.82) is 0 Å². The molecule has 1 heterocycles. The van der Waals surface area contributed by atoms with Crippen LogP contribution in [0.5, 0.6) is 17.2 Å². The Bertz CT molecular complexity index is 802. The van der Waals surface area contributed by atoms with E-state index in [2.05, 4.69) is 25.8 Å². The minimum Gasteiger partial charge on any atom is -0.870 e. The van der Waals surface area contributed by atoms with Crippen molar-refractivity contribution in [2.45, 2.75) is 18.9 Å². The summed E-state index contributed by atoms with van der Waals surface area (Å²) < 4.78 is 11.4. The summed E-state index contributed by atoms with van der Waals surface area (Å²) in [7, 11) is 5.51. The Morgan fingerprint density at radius 2 is 2.00 bits per heavy atom. The molecule has 26 heavy (non-hydrogen) atoms. The van der Waals surface area contributed by atoms with Crippen LogP contribution in [0, 0.1) is 0 Å². The van der Waals surface area contributed by atoms with Gasteiger partial charge < -0.3 is 19.1 Å². The Balaban J connectivity index is 2.00. The number of ether oxygens (including phenoxy) is 2. The van der Waals surface area contributed by atoms with Gasteiger partial charge in [-0.25, -0.2) is 0 Å². The summed E-state index contributed by atoms with van der Waals surface area (Å²) in [6.07, 6.45) is 3.82.